The van der Waals surface area contributed by atoms with E-state index in [-0.39, 0.29) is 10.9 Å². The first-order valence-electron chi connectivity index (χ1n) is 7.55. The van der Waals surface area contributed by atoms with Gasteiger partial charge in [-0.1, -0.05) is 17.7 Å². The van der Waals surface area contributed by atoms with Crippen LogP contribution in [0.2, 0.25) is 5.02 Å². The number of carbonyl (C=O) groups is 2. The second-order valence-corrected chi connectivity index (χ2v) is 6.35. The smallest absolute Gasteiger partial charge is 0.307 e. The van der Waals surface area contributed by atoms with E-state index in [4.69, 9.17) is 21.4 Å². The molecule has 1 saturated heterocycles. The molecular weight excluding hydrogens is 325 g/mol. The zero-order valence-corrected chi connectivity index (χ0v) is 13.1. The number of halogens is 2. The van der Waals surface area contributed by atoms with E-state index < -0.39 is 29.7 Å². The second kappa shape index (κ2) is 6.45. The maximum absolute atomic E-state index is 13.2. The third-order valence-electron chi connectivity index (χ3n) is 4.60. The Kier molecular flexibility index (Phi) is 4.55. The highest BCUT2D eigenvalue weighted by Gasteiger charge is 2.44. The van der Waals surface area contributed by atoms with Gasteiger partial charge in [0.05, 0.1) is 25.0 Å². The summed E-state index contributed by atoms with van der Waals surface area (Å²) in [6, 6.07) is 4.07. The molecule has 7 heteroatoms. The van der Waals surface area contributed by atoms with Gasteiger partial charge in [-0.15, -0.1) is 0 Å². The van der Waals surface area contributed by atoms with Gasteiger partial charge < -0.3 is 14.7 Å². The number of nitrogens with zero attached hydrogens (tertiary/aromatic N) is 1. The zero-order valence-electron chi connectivity index (χ0n) is 12.4. The number of carboxylic acid groups (broad SMARTS) is 1. The molecule has 23 heavy (non-hydrogen) atoms. The molecule has 1 N–H and O–H groups in total. The van der Waals surface area contributed by atoms with E-state index in [1.165, 1.54) is 12.1 Å². The van der Waals surface area contributed by atoms with E-state index >= 15 is 0 Å². The molecule has 1 aliphatic carbocycles. The number of aliphatic carboxylic acids is 1. The second-order valence-electron chi connectivity index (χ2n) is 5.94. The normalized spacial score (nSPS) is 27.4. The van der Waals surface area contributed by atoms with Crippen molar-refractivity contribution in [3.05, 3.63) is 34.6 Å². The average molecular weight is 342 g/mol. The van der Waals surface area contributed by atoms with Crippen molar-refractivity contribution in [2.75, 3.05) is 19.7 Å². The van der Waals surface area contributed by atoms with Crippen molar-refractivity contribution in [1.29, 1.82) is 0 Å². The Morgan fingerprint density at radius 2 is 2.04 bits per heavy atom. The van der Waals surface area contributed by atoms with Gasteiger partial charge in [0.2, 0.25) is 5.91 Å². The van der Waals surface area contributed by atoms with Crippen LogP contribution in [0.25, 0.3) is 0 Å². The van der Waals surface area contributed by atoms with Crippen LogP contribution < -0.4 is 0 Å². The van der Waals surface area contributed by atoms with E-state index in [0.29, 0.717) is 38.1 Å². The Hall–Kier alpha value is -1.66. The molecule has 1 heterocycles. The van der Waals surface area contributed by atoms with E-state index in [0.717, 1.165) is 0 Å². The zero-order chi connectivity index (χ0) is 16.6. The quantitative estimate of drug-likeness (QED) is 0.917. The first kappa shape index (κ1) is 16.2. The van der Waals surface area contributed by atoms with Gasteiger partial charge in [-0.05, 0) is 25.0 Å². The summed E-state index contributed by atoms with van der Waals surface area (Å²) < 4.78 is 18.8. The maximum atomic E-state index is 13.2. The lowest BCUT2D eigenvalue weighted by molar-refractivity contribution is -0.160. The van der Waals surface area contributed by atoms with Crippen LogP contribution >= 0.6 is 11.6 Å². The van der Waals surface area contributed by atoms with Gasteiger partial charge in [0.15, 0.2) is 0 Å². The average Bonchev–Trinajstić information content (AvgIpc) is 2.45. The van der Waals surface area contributed by atoms with Gasteiger partial charge >= 0.3 is 5.97 Å². The number of carbonyl (C=O) groups excluding carboxylic acids is 1. The highest BCUT2D eigenvalue weighted by atomic mass is 35.5. The Labute approximate surface area is 138 Å². The fourth-order valence-corrected chi connectivity index (χ4v) is 3.41. The summed E-state index contributed by atoms with van der Waals surface area (Å²) in [6.45, 7) is 1.07. The summed E-state index contributed by atoms with van der Waals surface area (Å²) >= 11 is 6.05. The van der Waals surface area contributed by atoms with Crippen LogP contribution in [-0.4, -0.2) is 41.6 Å². The molecule has 0 bridgehead atoms. The molecule has 1 amide bonds. The highest BCUT2D eigenvalue weighted by Crippen LogP contribution is 2.37. The first-order valence-corrected chi connectivity index (χ1v) is 7.93. The molecule has 124 valence electrons. The van der Waals surface area contributed by atoms with Crippen molar-refractivity contribution in [3.8, 4) is 0 Å². The fraction of sp³-hybridized carbons (Fsp3) is 0.500. The number of morpholine rings is 1. The number of benzene rings is 1. The predicted molar refractivity (Wildman–Crippen MR) is 80.5 cm³/mol. The molecule has 5 nitrogen and oxygen atoms in total. The van der Waals surface area contributed by atoms with Gasteiger partial charge in [-0.3, -0.25) is 9.59 Å². The largest absolute Gasteiger partial charge is 0.481 e. The highest BCUT2D eigenvalue weighted by molar-refractivity contribution is 6.31. The summed E-state index contributed by atoms with van der Waals surface area (Å²) in [7, 11) is 0. The molecule has 0 aromatic heterocycles. The van der Waals surface area contributed by atoms with Gasteiger partial charge in [-0.2, -0.15) is 0 Å². The van der Waals surface area contributed by atoms with Crippen LogP contribution in [0.15, 0.2) is 18.2 Å². The fourth-order valence-electron chi connectivity index (χ4n) is 3.13. The molecule has 3 rings (SSSR count). The third kappa shape index (κ3) is 3.19. The molecule has 2 aliphatic rings. The Morgan fingerprint density at radius 1 is 1.30 bits per heavy atom. The lowest BCUT2D eigenvalue weighted by atomic mass is 9.73. The van der Waals surface area contributed by atoms with Crippen molar-refractivity contribution in [1.82, 2.24) is 4.90 Å². The van der Waals surface area contributed by atoms with Crippen molar-refractivity contribution in [2.24, 2.45) is 11.8 Å². The molecule has 0 spiro atoms. The van der Waals surface area contributed by atoms with Crippen LogP contribution in [0, 0.1) is 17.7 Å². The number of rotatable bonds is 3. The molecule has 1 aromatic carbocycles. The SMILES string of the molecule is O=C(O)C1CCC1C(=O)N1CCOC(c2ccc(F)cc2Cl)C1. The van der Waals surface area contributed by atoms with Crippen molar-refractivity contribution in [3.63, 3.8) is 0 Å². The van der Waals surface area contributed by atoms with E-state index in [1.807, 2.05) is 0 Å². The summed E-state index contributed by atoms with van der Waals surface area (Å²) in [5, 5.41) is 9.36. The predicted octanol–water partition coefficient (Wildman–Crippen LogP) is 2.49. The van der Waals surface area contributed by atoms with Crippen LogP contribution in [0.1, 0.15) is 24.5 Å². The summed E-state index contributed by atoms with van der Waals surface area (Å²) in [4.78, 5) is 25.3. The molecule has 1 aromatic rings. The summed E-state index contributed by atoms with van der Waals surface area (Å²) in [5.74, 6) is -2.52. The Bertz CT molecular complexity index is 639. The van der Waals surface area contributed by atoms with Crippen LogP contribution in [0.4, 0.5) is 4.39 Å². The minimum Gasteiger partial charge on any atom is -0.481 e. The van der Waals surface area contributed by atoms with Crippen molar-refractivity contribution < 1.29 is 23.8 Å². The van der Waals surface area contributed by atoms with Gasteiger partial charge in [0, 0.05) is 17.1 Å². The number of amides is 1. The summed E-state index contributed by atoms with van der Waals surface area (Å²) in [5.41, 5.74) is 0.633. The minimum atomic E-state index is -0.916. The molecular formula is C16H17ClFNO4. The lowest BCUT2D eigenvalue weighted by Gasteiger charge is -2.40. The number of carboxylic acids is 1. The molecule has 2 fully saturated rings. The summed E-state index contributed by atoms with van der Waals surface area (Å²) in [6.07, 6.45) is 0.725. The van der Waals surface area contributed by atoms with Crippen molar-refractivity contribution >= 4 is 23.5 Å². The Balaban J connectivity index is 1.71. The lowest BCUT2D eigenvalue weighted by Crippen LogP contribution is -2.50. The Morgan fingerprint density at radius 3 is 2.65 bits per heavy atom. The number of hydrogen-bond donors (Lipinski definition) is 1. The standard InChI is InChI=1S/C16H17ClFNO4/c17-13-7-9(18)1-2-12(13)14-8-19(5-6-23-14)15(20)10-3-4-11(10)16(21)22/h1-2,7,10-11,14H,3-6,8H2,(H,21,22). The number of hydrogen-bond acceptors (Lipinski definition) is 3. The molecule has 0 radical (unpaired) electrons. The van der Waals surface area contributed by atoms with Crippen LogP contribution in [0.5, 0.6) is 0 Å². The van der Waals surface area contributed by atoms with E-state index in [2.05, 4.69) is 0 Å². The van der Waals surface area contributed by atoms with Gasteiger partial charge in [0.25, 0.3) is 0 Å². The van der Waals surface area contributed by atoms with Gasteiger partial charge in [-0.25, -0.2) is 4.39 Å². The van der Waals surface area contributed by atoms with Crippen LogP contribution in [-0.2, 0) is 14.3 Å². The molecule has 3 unspecified atom stereocenters. The third-order valence-corrected chi connectivity index (χ3v) is 4.92. The van der Waals surface area contributed by atoms with Crippen molar-refractivity contribution in [2.45, 2.75) is 18.9 Å². The van der Waals surface area contributed by atoms with E-state index in [1.54, 1.807) is 11.0 Å². The number of ether oxygens (including phenoxy) is 1. The molecule has 1 aliphatic heterocycles. The topological polar surface area (TPSA) is 66.8 Å². The maximum Gasteiger partial charge on any atom is 0.307 e. The minimum absolute atomic E-state index is 0.143. The van der Waals surface area contributed by atoms with Gasteiger partial charge in [0.1, 0.15) is 11.9 Å². The van der Waals surface area contributed by atoms with E-state index in [9.17, 15) is 14.0 Å². The molecule has 3 atom stereocenters. The molecule has 1 saturated carbocycles. The monoisotopic (exact) mass is 341 g/mol. The van der Waals surface area contributed by atoms with Crippen LogP contribution in [0.3, 0.4) is 0 Å². The first-order chi connectivity index (χ1) is 11.0.